The molecule has 0 aliphatic heterocycles. The van der Waals surface area contributed by atoms with E-state index in [4.69, 9.17) is 14.8 Å². The molecule has 2 N–H and O–H groups in total. The van der Waals surface area contributed by atoms with Crippen LogP contribution in [0.1, 0.15) is 5.69 Å². The Labute approximate surface area is 75.1 Å². The predicted molar refractivity (Wildman–Crippen MR) is 44.7 cm³/mol. The summed E-state index contributed by atoms with van der Waals surface area (Å²) in [6.45, 7) is 0.193. The van der Waals surface area contributed by atoms with Crippen LogP contribution >= 0.6 is 0 Å². The van der Waals surface area contributed by atoms with Crippen LogP contribution in [0.4, 0.5) is 4.39 Å². The quantitative estimate of drug-likeness (QED) is 0.470. The Morgan fingerprint density at radius 1 is 1.54 bits per heavy atom. The van der Waals surface area contributed by atoms with Crippen LogP contribution < -0.4 is 5.46 Å². The Balaban J connectivity index is 2.92. The molecule has 0 aliphatic carbocycles. The molecule has 0 radical (unpaired) electrons. The molecule has 1 aromatic rings. The topological polar surface area (TPSA) is 62.6 Å². The molecule has 6 heteroatoms. The van der Waals surface area contributed by atoms with E-state index < -0.39 is 13.1 Å². The van der Waals surface area contributed by atoms with Crippen LogP contribution in [0, 0.1) is 5.95 Å². The van der Waals surface area contributed by atoms with E-state index in [9.17, 15) is 4.39 Å². The zero-order valence-electron chi connectivity index (χ0n) is 7.07. The van der Waals surface area contributed by atoms with Gasteiger partial charge in [0.15, 0.2) is 0 Å². The first-order valence-electron chi connectivity index (χ1n) is 3.65. The van der Waals surface area contributed by atoms with Crippen molar-refractivity contribution < 1.29 is 19.2 Å². The Hall–Kier alpha value is -0.975. The second kappa shape index (κ2) is 4.31. The lowest BCUT2D eigenvalue weighted by molar-refractivity contribution is 0.180. The number of halogens is 1. The van der Waals surface area contributed by atoms with Gasteiger partial charge in [0, 0.05) is 12.6 Å². The average molecular weight is 185 g/mol. The summed E-state index contributed by atoms with van der Waals surface area (Å²) in [6, 6.07) is 2.74. The standard InChI is InChI=1S/C7H9BFNO3/c1-13-4-5-2-3-6(8(11)12)7(9)10-5/h2-3,11-12H,4H2,1H3. The van der Waals surface area contributed by atoms with Crippen LogP contribution in [0.2, 0.25) is 0 Å². The number of rotatable bonds is 3. The molecular weight excluding hydrogens is 176 g/mol. The molecule has 0 atom stereocenters. The molecule has 4 nitrogen and oxygen atoms in total. The number of methoxy groups -OCH3 is 1. The fraction of sp³-hybridized carbons (Fsp3) is 0.286. The number of ether oxygens (including phenoxy) is 1. The summed E-state index contributed by atoms with van der Waals surface area (Å²) < 4.78 is 17.7. The largest absolute Gasteiger partial charge is 0.493 e. The van der Waals surface area contributed by atoms with Crippen molar-refractivity contribution >= 4 is 12.6 Å². The van der Waals surface area contributed by atoms with Gasteiger partial charge in [-0.05, 0) is 6.07 Å². The van der Waals surface area contributed by atoms with Crippen LogP contribution in [0.25, 0.3) is 0 Å². The third-order valence-corrected chi connectivity index (χ3v) is 1.51. The van der Waals surface area contributed by atoms with Crippen LogP contribution in [0.15, 0.2) is 12.1 Å². The van der Waals surface area contributed by atoms with Gasteiger partial charge in [-0.3, -0.25) is 0 Å². The lowest BCUT2D eigenvalue weighted by atomic mass is 9.81. The summed E-state index contributed by atoms with van der Waals surface area (Å²) in [5.74, 6) is -0.885. The van der Waals surface area contributed by atoms with Crippen LogP contribution in [0.3, 0.4) is 0 Å². The summed E-state index contributed by atoms with van der Waals surface area (Å²) >= 11 is 0. The number of pyridine rings is 1. The van der Waals surface area contributed by atoms with E-state index in [0.29, 0.717) is 5.69 Å². The number of nitrogens with zero attached hydrogens (tertiary/aromatic N) is 1. The van der Waals surface area contributed by atoms with Crippen molar-refractivity contribution in [1.29, 1.82) is 0 Å². The lowest BCUT2D eigenvalue weighted by Crippen LogP contribution is -2.33. The van der Waals surface area contributed by atoms with Crippen molar-refractivity contribution in [3.63, 3.8) is 0 Å². The maximum Gasteiger partial charge on any atom is 0.493 e. The molecule has 0 amide bonds. The molecule has 0 spiro atoms. The normalized spacial score (nSPS) is 10.2. The Bertz CT molecular complexity index is 295. The van der Waals surface area contributed by atoms with Gasteiger partial charge in [0.05, 0.1) is 12.3 Å². The maximum absolute atomic E-state index is 12.9. The molecule has 70 valence electrons. The SMILES string of the molecule is COCc1ccc(B(O)O)c(F)n1. The van der Waals surface area contributed by atoms with E-state index in [-0.39, 0.29) is 12.1 Å². The Kier molecular flexibility index (Phi) is 3.35. The van der Waals surface area contributed by atoms with Crippen molar-refractivity contribution in [2.45, 2.75) is 6.61 Å². The van der Waals surface area contributed by atoms with Gasteiger partial charge in [-0.15, -0.1) is 0 Å². The second-order valence-electron chi connectivity index (χ2n) is 2.49. The molecule has 0 fully saturated rings. The van der Waals surface area contributed by atoms with Crippen LogP contribution in [-0.2, 0) is 11.3 Å². The van der Waals surface area contributed by atoms with Crippen LogP contribution in [-0.4, -0.2) is 29.3 Å². The van der Waals surface area contributed by atoms with E-state index in [1.54, 1.807) is 0 Å². The predicted octanol–water partition coefficient (Wildman–Crippen LogP) is -0.953. The number of hydrogen-bond donors (Lipinski definition) is 2. The zero-order valence-corrected chi connectivity index (χ0v) is 7.07. The highest BCUT2D eigenvalue weighted by Crippen LogP contribution is 1.97. The van der Waals surface area contributed by atoms with Crippen molar-refractivity contribution in [2.75, 3.05) is 7.11 Å². The van der Waals surface area contributed by atoms with Gasteiger partial charge in [-0.1, -0.05) is 6.07 Å². The molecule has 0 aliphatic rings. The van der Waals surface area contributed by atoms with Gasteiger partial charge in [0.1, 0.15) is 0 Å². The smallest absolute Gasteiger partial charge is 0.423 e. The van der Waals surface area contributed by atoms with E-state index >= 15 is 0 Å². The number of aromatic nitrogens is 1. The lowest BCUT2D eigenvalue weighted by Gasteiger charge is -2.03. The summed E-state index contributed by atoms with van der Waals surface area (Å²) in [4.78, 5) is 3.47. The monoisotopic (exact) mass is 185 g/mol. The molecule has 0 unspecified atom stereocenters. The van der Waals surface area contributed by atoms with Gasteiger partial charge in [0.2, 0.25) is 5.95 Å². The first kappa shape index (κ1) is 10.1. The summed E-state index contributed by atoms with van der Waals surface area (Å²) in [5.41, 5.74) is 0.171. The van der Waals surface area contributed by atoms with Crippen molar-refractivity contribution in [1.82, 2.24) is 4.98 Å². The summed E-state index contributed by atoms with van der Waals surface area (Å²) in [6.07, 6.45) is 0. The van der Waals surface area contributed by atoms with E-state index in [1.807, 2.05) is 0 Å². The molecule has 13 heavy (non-hydrogen) atoms. The van der Waals surface area contributed by atoms with Crippen molar-refractivity contribution in [3.8, 4) is 0 Å². The second-order valence-corrected chi connectivity index (χ2v) is 2.49. The first-order chi connectivity index (χ1) is 6.15. The fourth-order valence-electron chi connectivity index (χ4n) is 0.904. The van der Waals surface area contributed by atoms with Gasteiger partial charge in [-0.2, -0.15) is 4.39 Å². The van der Waals surface area contributed by atoms with E-state index in [0.717, 1.165) is 0 Å². The summed E-state index contributed by atoms with van der Waals surface area (Å²) in [7, 11) is -0.363. The molecular formula is C7H9BFNO3. The van der Waals surface area contributed by atoms with Crippen molar-refractivity contribution in [2.24, 2.45) is 0 Å². The summed E-state index contributed by atoms with van der Waals surface area (Å²) in [5, 5.41) is 17.3. The van der Waals surface area contributed by atoms with E-state index in [1.165, 1.54) is 19.2 Å². The Morgan fingerprint density at radius 2 is 2.23 bits per heavy atom. The maximum atomic E-state index is 12.9. The fourth-order valence-corrected chi connectivity index (χ4v) is 0.904. The molecule has 1 heterocycles. The zero-order chi connectivity index (χ0) is 9.84. The first-order valence-corrected chi connectivity index (χ1v) is 3.65. The molecule has 0 bridgehead atoms. The minimum atomic E-state index is -1.83. The highest BCUT2D eigenvalue weighted by molar-refractivity contribution is 6.58. The van der Waals surface area contributed by atoms with Gasteiger partial charge >= 0.3 is 7.12 Å². The van der Waals surface area contributed by atoms with Gasteiger partial charge in [-0.25, -0.2) is 4.98 Å². The molecule has 0 saturated heterocycles. The molecule has 1 rings (SSSR count). The van der Waals surface area contributed by atoms with Crippen molar-refractivity contribution in [3.05, 3.63) is 23.8 Å². The third-order valence-electron chi connectivity index (χ3n) is 1.51. The van der Waals surface area contributed by atoms with Gasteiger partial charge in [0.25, 0.3) is 0 Å². The highest BCUT2D eigenvalue weighted by atomic mass is 19.1. The Morgan fingerprint density at radius 3 is 2.69 bits per heavy atom. The molecule has 0 aromatic carbocycles. The highest BCUT2D eigenvalue weighted by Gasteiger charge is 2.17. The minimum absolute atomic E-state index is 0.193. The molecule has 0 saturated carbocycles. The number of hydrogen-bond acceptors (Lipinski definition) is 4. The van der Waals surface area contributed by atoms with Gasteiger partial charge < -0.3 is 14.8 Å². The molecule has 1 aromatic heterocycles. The minimum Gasteiger partial charge on any atom is -0.423 e. The average Bonchev–Trinajstić information content (AvgIpc) is 2.04. The van der Waals surface area contributed by atoms with E-state index in [2.05, 4.69) is 4.98 Å². The third kappa shape index (κ3) is 2.48. The van der Waals surface area contributed by atoms with Crippen LogP contribution in [0.5, 0.6) is 0 Å².